The van der Waals surface area contributed by atoms with E-state index in [0.29, 0.717) is 0 Å². The summed E-state index contributed by atoms with van der Waals surface area (Å²) in [7, 11) is 0. The molecule has 14 heteroatoms. The van der Waals surface area contributed by atoms with Crippen molar-refractivity contribution in [1.82, 2.24) is 16.0 Å². The molecular weight excluding hydrogens is 440 g/mol. The van der Waals surface area contributed by atoms with Crippen molar-refractivity contribution in [1.29, 1.82) is 0 Å². The third-order valence-corrected chi connectivity index (χ3v) is 4.64. The van der Waals surface area contributed by atoms with Crippen LogP contribution in [0.1, 0.15) is 46.5 Å². The van der Waals surface area contributed by atoms with Gasteiger partial charge in [-0.3, -0.25) is 24.0 Å². The molecule has 0 heterocycles. The first-order valence-corrected chi connectivity index (χ1v) is 10.3. The van der Waals surface area contributed by atoms with Crippen LogP contribution in [0.3, 0.4) is 0 Å². The maximum atomic E-state index is 12.8. The third kappa shape index (κ3) is 11.2. The van der Waals surface area contributed by atoms with Crippen molar-refractivity contribution in [2.75, 3.05) is 0 Å². The second-order valence-electron chi connectivity index (χ2n) is 7.97. The maximum Gasteiger partial charge on any atom is 0.326 e. The van der Waals surface area contributed by atoms with E-state index >= 15 is 0 Å². The van der Waals surface area contributed by atoms with Gasteiger partial charge >= 0.3 is 5.97 Å². The smallest absolute Gasteiger partial charge is 0.326 e. The largest absolute Gasteiger partial charge is 0.480 e. The lowest BCUT2D eigenvalue weighted by molar-refractivity contribution is -0.143. The van der Waals surface area contributed by atoms with Crippen LogP contribution < -0.4 is 33.2 Å². The highest BCUT2D eigenvalue weighted by atomic mass is 16.4. The Labute approximate surface area is 191 Å². The van der Waals surface area contributed by atoms with Gasteiger partial charge in [0.05, 0.1) is 12.1 Å². The molecule has 5 amide bonds. The Morgan fingerprint density at radius 1 is 0.758 bits per heavy atom. The van der Waals surface area contributed by atoms with E-state index in [1.807, 2.05) is 0 Å². The number of carboxylic acid groups (broad SMARTS) is 1. The number of nitrogens with one attached hydrogen (secondary N) is 3. The number of nitrogens with two attached hydrogens (primary N) is 3. The first kappa shape index (κ1) is 29.7. The van der Waals surface area contributed by atoms with Crippen molar-refractivity contribution in [3.63, 3.8) is 0 Å². The molecule has 0 aromatic heterocycles. The number of carboxylic acids is 1. The number of carbonyl (C=O) groups is 6. The molecule has 0 fully saturated rings. The summed E-state index contributed by atoms with van der Waals surface area (Å²) >= 11 is 0. The molecule has 0 bridgehead atoms. The van der Waals surface area contributed by atoms with Gasteiger partial charge in [0.25, 0.3) is 0 Å². The Hall–Kier alpha value is -3.26. The molecular formula is C19H34N6O8. The van der Waals surface area contributed by atoms with Crippen molar-refractivity contribution in [3.8, 4) is 0 Å². The number of hydrogen-bond donors (Lipinski definition) is 8. The number of rotatable bonds is 15. The lowest BCUT2D eigenvalue weighted by Crippen LogP contribution is -2.60. The number of hydrogen-bond acceptors (Lipinski definition) is 8. The van der Waals surface area contributed by atoms with Gasteiger partial charge in [0.1, 0.15) is 18.1 Å². The van der Waals surface area contributed by atoms with Crippen LogP contribution in [0.2, 0.25) is 0 Å². The van der Waals surface area contributed by atoms with Gasteiger partial charge in [0.2, 0.25) is 29.5 Å². The zero-order valence-electron chi connectivity index (χ0n) is 18.9. The Kier molecular flexibility index (Phi) is 12.6. The molecule has 33 heavy (non-hydrogen) atoms. The van der Waals surface area contributed by atoms with E-state index in [1.54, 1.807) is 13.8 Å². The number of aliphatic hydroxyl groups excluding tert-OH is 1. The summed E-state index contributed by atoms with van der Waals surface area (Å²) in [4.78, 5) is 70.7. The van der Waals surface area contributed by atoms with Crippen LogP contribution >= 0.6 is 0 Å². The minimum atomic E-state index is -1.56. The van der Waals surface area contributed by atoms with E-state index in [1.165, 1.54) is 6.92 Å². The van der Waals surface area contributed by atoms with Crippen molar-refractivity contribution in [2.45, 2.75) is 76.7 Å². The van der Waals surface area contributed by atoms with Gasteiger partial charge in [-0.05, 0) is 25.7 Å². The summed E-state index contributed by atoms with van der Waals surface area (Å²) in [5.74, 6) is -5.86. The Bertz CT molecular complexity index is 742. The fourth-order valence-electron chi connectivity index (χ4n) is 2.68. The van der Waals surface area contributed by atoms with Crippen LogP contribution in [0, 0.1) is 5.92 Å². The summed E-state index contributed by atoms with van der Waals surface area (Å²) in [6.07, 6.45) is -2.18. The molecule has 0 aromatic rings. The molecule has 5 atom stereocenters. The zero-order chi connectivity index (χ0) is 25.9. The van der Waals surface area contributed by atoms with Crippen LogP contribution in [-0.2, 0) is 28.8 Å². The Morgan fingerprint density at radius 2 is 1.21 bits per heavy atom. The van der Waals surface area contributed by atoms with E-state index in [0.717, 1.165) is 0 Å². The monoisotopic (exact) mass is 474 g/mol. The fraction of sp³-hybridized carbons (Fsp3) is 0.684. The zero-order valence-corrected chi connectivity index (χ0v) is 18.9. The highest BCUT2D eigenvalue weighted by Crippen LogP contribution is 2.06. The first-order valence-electron chi connectivity index (χ1n) is 10.3. The van der Waals surface area contributed by atoms with Crippen LogP contribution in [0.25, 0.3) is 0 Å². The molecule has 0 aliphatic carbocycles. The summed E-state index contributed by atoms with van der Waals surface area (Å²) in [6, 6.07) is -5.30. The van der Waals surface area contributed by atoms with E-state index in [9.17, 15) is 39.0 Å². The fourth-order valence-corrected chi connectivity index (χ4v) is 2.68. The minimum absolute atomic E-state index is 0.0335. The van der Waals surface area contributed by atoms with E-state index < -0.39 is 71.7 Å². The number of primary amides is 2. The van der Waals surface area contributed by atoms with Crippen LogP contribution in [0.5, 0.6) is 0 Å². The average Bonchev–Trinajstić information content (AvgIpc) is 2.69. The molecule has 188 valence electrons. The quantitative estimate of drug-likeness (QED) is 0.116. The number of aliphatic hydroxyl groups is 1. The van der Waals surface area contributed by atoms with E-state index in [4.69, 9.17) is 17.2 Å². The number of amides is 5. The standard InChI is InChI=1S/C19H34N6O8/c1-8(2)14(24-16(29)10(20)4-6-12(21)27)17(30)25-15(9(3)26)18(31)23-11(19(32)33)5-7-13(22)28/h8-11,14-15,26H,4-7,20H2,1-3H3,(H2,21,27)(H2,22,28)(H,23,31)(H,24,29)(H,25,30)(H,32,33). The van der Waals surface area contributed by atoms with Gasteiger partial charge in [-0.1, -0.05) is 13.8 Å². The Morgan fingerprint density at radius 3 is 1.64 bits per heavy atom. The number of aliphatic carboxylic acids is 1. The second kappa shape index (κ2) is 14.0. The van der Waals surface area contributed by atoms with Gasteiger partial charge < -0.3 is 43.4 Å². The van der Waals surface area contributed by atoms with Gasteiger partial charge in [0, 0.05) is 12.8 Å². The van der Waals surface area contributed by atoms with Crippen LogP contribution in [0.4, 0.5) is 0 Å². The molecule has 5 unspecified atom stereocenters. The van der Waals surface area contributed by atoms with Crippen molar-refractivity contribution < 1.29 is 39.0 Å². The van der Waals surface area contributed by atoms with Crippen molar-refractivity contribution in [2.24, 2.45) is 23.1 Å². The summed E-state index contributed by atoms with van der Waals surface area (Å²) in [5, 5.41) is 26.0. The maximum absolute atomic E-state index is 12.8. The molecule has 0 aliphatic heterocycles. The molecule has 14 nitrogen and oxygen atoms in total. The normalized spacial score (nSPS) is 15.5. The van der Waals surface area contributed by atoms with Gasteiger partial charge in [-0.2, -0.15) is 0 Å². The highest BCUT2D eigenvalue weighted by molar-refractivity contribution is 5.94. The predicted molar refractivity (Wildman–Crippen MR) is 115 cm³/mol. The molecule has 0 aliphatic rings. The second-order valence-corrected chi connectivity index (χ2v) is 7.97. The molecule has 0 rings (SSSR count). The number of carbonyl (C=O) groups excluding carboxylic acids is 5. The third-order valence-electron chi connectivity index (χ3n) is 4.64. The SMILES string of the molecule is CC(C)C(NC(=O)C(N)CCC(N)=O)C(=O)NC(C(=O)NC(CCC(N)=O)C(=O)O)C(C)O. The predicted octanol–water partition coefficient (Wildman–Crippen LogP) is -3.58. The molecule has 0 aromatic carbocycles. The lowest BCUT2D eigenvalue weighted by atomic mass is 10.0. The summed E-state index contributed by atoms with van der Waals surface area (Å²) < 4.78 is 0. The van der Waals surface area contributed by atoms with Gasteiger partial charge in [-0.15, -0.1) is 0 Å². The van der Waals surface area contributed by atoms with E-state index in [2.05, 4.69) is 16.0 Å². The lowest BCUT2D eigenvalue weighted by Gasteiger charge is -2.28. The van der Waals surface area contributed by atoms with Gasteiger partial charge in [-0.25, -0.2) is 4.79 Å². The first-order chi connectivity index (χ1) is 15.2. The highest BCUT2D eigenvalue weighted by Gasteiger charge is 2.33. The molecule has 0 radical (unpaired) electrons. The molecule has 11 N–H and O–H groups in total. The van der Waals surface area contributed by atoms with Crippen LogP contribution in [0.15, 0.2) is 0 Å². The molecule has 0 saturated heterocycles. The molecule has 0 spiro atoms. The van der Waals surface area contributed by atoms with Crippen molar-refractivity contribution >= 4 is 35.5 Å². The molecule has 0 saturated carbocycles. The van der Waals surface area contributed by atoms with Crippen LogP contribution in [-0.4, -0.2) is 76.0 Å². The average molecular weight is 475 g/mol. The van der Waals surface area contributed by atoms with E-state index in [-0.39, 0.29) is 25.7 Å². The Balaban J connectivity index is 5.32. The topological polar surface area (TPSA) is 257 Å². The van der Waals surface area contributed by atoms with Gasteiger partial charge in [0.15, 0.2) is 0 Å². The van der Waals surface area contributed by atoms with Crippen molar-refractivity contribution in [3.05, 3.63) is 0 Å². The summed E-state index contributed by atoms with van der Waals surface area (Å²) in [6.45, 7) is 4.43. The summed E-state index contributed by atoms with van der Waals surface area (Å²) in [5.41, 5.74) is 15.7. The minimum Gasteiger partial charge on any atom is -0.480 e.